The van der Waals surface area contributed by atoms with E-state index in [4.69, 9.17) is 14.6 Å². The molecule has 0 spiro atoms. The summed E-state index contributed by atoms with van der Waals surface area (Å²) in [5.41, 5.74) is -0.443. The minimum atomic E-state index is -3.52. The molecule has 1 fully saturated rings. The zero-order valence-electron chi connectivity index (χ0n) is 10.7. The Labute approximate surface area is 113 Å². The molecule has 1 aromatic rings. The average molecular weight is 285 g/mol. The highest BCUT2D eigenvalue weighted by Gasteiger charge is 2.37. The number of benzene rings is 1. The second-order valence-electron chi connectivity index (χ2n) is 5.02. The molecule has 0 amide bonds. The standard InChI is InChI=1S/C13H19NO4S/c14-19(15,16)11-13(6-8-17-9-7-13)10-18-12-4-2-1-3-5-12/h1-5H,6-11H2,(H2,14,15,16). The Bertz CT molecular complexity index is 495. The molecule has 19 heavy (non-hydrogen) atoms. The van der Waals surface area contributed by atoms with Gasteiger partial charge in [-0.05, 0) is 25.0 Å². The van der Waals surface area contributed by atoms with E-state index in [-0.39, 0.29) is 5.75 Å². The molecule has 0 saturated carbocycles. The number of hydrogen-bond donors (Lipinski definition) is 1. The maximum Gasteiger partial charge on any atom is 0.209 e. The van der Waals surface area contributed by atoms with E-state index < -0.39 is 15.4 Å². The molecule has 2 N–H and O–H groups in total. The highest BCUT2D eigenvalue weighted by molar-refractivity contribution is 7.89. The Balaban J connectivity index is 2.05. The van der Waals surface area contributed by atoms with Gasteiger partial charge in [-0.25, -0.2) is 13.6 Å². The summed E-state index contributed by atoms with van der Waals surface area (Å²) < 4.78 is 33.8. The maximum atomic E-state index is 11.4. The number of rotatable bonds is 5. The van der Waals surface area contributed by atoms with Crippen LogP contribution in [-0.2, 0) is 14.8 Å². The number of para-hydroxylation sites is 1. The lowest BCUT2D eigenvalue weighted by Crippen LogP contribution is -2.42. The normalized spacial score (nSPS) is 19.0. The zero-order valence-corrected chi connectivity index (χ0v) is 11.6. The van der Waals surface area contributed by atoms with Crippen molar-refractivity contribution in [1.82, 2.24) is 0 Å². The van der Waals surface area contributed by atoms with Gasteiger partial charge in [-0.15, -0.1) is 0 Å². The van der Waals surface area contributed by atoms with Crippen molar-refractivity contribution in [3.05, 3.63) is 30.3 Å². The largest absolute Gasteiger partial charge is 0.493 e. The van der Waals surface area contributed by atoms with Gasteiger partial charge in [-0.3, -0.25) is 0 Å². The lowest BCUT2D eigenvalue weighted by Gasteiger charge is -2.35. The van der Waals surface area contributed by atoms with Crippen LogP contribution < -0.4 is 9.88 Å². The van der Waals surface area contributed by atoms with E-state index in [2.05, 4.69) is 0 Å². The SMILES string of the molecule is NS(=O)(=O)CC1(COc2ccccc2)CCOCC1. The average Bonchev–Trinajstić information content (AvgIpc) is 2.37. The highest BCUT2D eigenvalue weighted by atomic mass is 32.2. The molecule has 0 bridgehead atoms. The van der Waals surface area contributed by atoms with E-state index in [9.17, 15) is 8.42 Å². The number of nitrogens with two attached hydrogens (primary N) is 1. The van der Waals surface area contributed by atoms with E-state index >= 15 is 0 Å². The van der Waals surface area contributed by atoms with Gasteiger partial charge >= 0.3 is 0 Å². The highest BCUT2D eigenvalue weighted by Crippen LogP contribution is 2.32. The van der Waals surface area contributed by atoms with Gasteiger partial charge in [-0.1, -0.05) is 18.2 Å². The molecule has 1 aromatic carbocycles. The Morgan fingerprint density at radius 2 is 1.84 bits per heavy atom. The monoisotopic (exact) mass is 285 g/mol. The number of sulfonamides is 1. The molecule has 0 aromatic heterocycles. The molecule has 1 saturated heterocycles. The molecular formula is C13H19NO4S. The van der Waals surface area contributed by atoms with E-state index in [0.29, 0.717) is 32.7 Å². The van der Waals surface area contributed by atoms with Crippen LogP contribution in [-0.4, -0.2) is 34.0 Å². The quantitative estimate of drug-likeness (QED) is 0.880. The van der Waals surface area contributed by atoms with Crippen molar-refractivity contribution in [2.75, 3.05) is 25.6 Å². The van der Waals surface area contributed by atoms with Crippen LogP contribution in [0.5, 0.6) is 5.75 Å². The van der Waals surface area contributed by atoms with Crippen LogP contribution >= 0.6 is 0 Å². The Morgan fingerprint density at radius 1 is 1.21 bits per heavy atom. The van der Waals surface area contributed by atoms with Gasteiger partial charge in [0.2, 0.25) is 10.0 Å². The summed E-state index contributed by atoms with van der Waals surface area (Å²) in [5, 5.41) is 5.20. The van der Waals surface area contributed by atoms with Crippen LogP contribution in [0.15, 0.2) is 30.3 Å². The fourth-order valence-electron chi connectivity index (χ4n) is 2.31. The van der Waals surface area contributed by atoms with Crippen molar-refractivity contribution in [3.63, 3.8) is 0 Å². The molecular weight excluding hydrogens is 266 g/mol. The second-order valence-corrected chi connectivity index (χ2v) is 6.64. The fourth-order valence-corrected chi connectivity index (χ4v) is 3.54. The van der Waals surface area contributed by atoms with E-state index in [0.717, 1.165) is 5.75 Å². The predicted octanol–water partition coefficient (Wildman–Crippen LogP) is 1.15. The summed E-state index contributed by atoms with van der Waals surface area (Å²) >= 11 is 0. The van der Waals surface area contributed by atoms with E-state index in [1.54, 1.807) is 0 Å². The molecule has 0 aliphatic carbocycles. The van der Waals surface area contributed by atoms with Gasteiger partial charge in [0.1, 0.15) is 5.75 Å². The lowest BCUT2D eigenvalue weighted by molar-refractivity contribution is 0.00209. The number of ether oxygens (including phenoxy) is 2. The van der Waals surface area contributed by atoms with Crippen LogP contribution in [0, 0.1) is 5.41 Å². The zero-order chi connectivity index (χ0) is 13.8. The van der Waals surface area contributed by atoms with Gasteiger partial charge in [-0.2, -0.15) is 0 Å². The molecule has 0 atom stereocenters. The lowest BCUT2D eigenvalue weighted by atomic mass is 9.83. The van der Waals surface area contributed by atoms with Gasteiger partial charge < -0.3 is 9.47 Å². The van der Waals surface area contributed by atoms with Gasteiger partial charge in [0, 0.05) is 18.6 Å². The topological polar surface area (TPSA) is 78.6 Å². The third-order valence-corrected chi connectivity index (χ3v) is 4.36. The van der Waals surface area contributed by atoms with E-state index in [1.165, 1.54) is 0 Å². The summed E-state index contributed by atoms with van der Waals surface area (Å²) in [7, 11) is -3.52. The third kappa shape index (κ3) is 4.49. The summed E-state index contributed by atoms with van der Waals surface area (Å²) in [4.78, 5) is 0. The van der Waals surface area contributed by atoms with Crippen molar-refractivity contribution in [2.24, 2.45) is 10.6 Å². The number of hydrogen-bond acceptors (Lipinski definition) is 4. The van der Waals surface area contributed by atoms with Crippen LogP contribution in [0.25, 0.3) is 0 Å². The molecule has 106 valence electrons. The molecule has 5 nitrogen and oxygen atoms in total. The van der Waals surface area contributed by atoms with Crippen LogP contribution in [0.3, 0.4) is 0 Å². The molecule has 1 heterocycles. The maximum absolute atomic E-state index is 11.4. The van der Waals surface area contributed by atoms with Crippen molar-refractivity contribution in [1.29, 1.82) is 0 Å². The fraction of sp³-hybridized carbons (Fsp3) is 0.538. The van der Waals surface area contributed by atoms with Crippen molar-refractivity contribution < 1.29 is 17.9 Å². The summed E-state index contributed by atoms with van der Waals surface area (Å²) in [6.45, 7) is 1.44. The Hall–Kier alpha value is -1.11. The predicted molar refractivity (Wildman–Crippen MR) is 72.4 cm³/mol. The van der Waals surface area contributed by atoms with Gasteiger partial charge in [0.05, 0.1) is 12.4 Å². The minimum absolute atomic E-state index is 0.0593. The molecule has 1 aliphatic rings. The van der Waals surface area contributed by atoms with Crippen LogP contribution in [0.4, 0.5) is 0 Å². The second kappa shape index (κ2) is 5.90. The van der Waals surface area contributed by atoms with Crippen molar-refractivity contribution in [2.45, 2.75) is 12.8 Å². The van der Waals surface area contributed by atoms with Gasteiger partial charge in [0.25, 0.3) is 0 Å². The van der Waals surface area contributed by atoms with Gasteiger partial charge in [0.15, 0.2) is 0 Å². The first kappa shape index (κ1) is 14.3. The molecule has 0 radical (unpaired) electrons. The van der Waals surface area contributed by atoms with Crippen molar-refractivity contribution >= 4 is 10.0 Å². The van der Waals surface area contributed by atoms with Crippen LogP contribution in [0.2, 0.25) is 0 Å². The van der Waals surface area contributed by atoms with E-state index in [1.807, 2.05) is 30.3 Å². The minimum Gasteiger partial charge on any atom is -0.493 e. The summed E-state index contributed by atoms with van der Waals surface area (Å²) in [5.74, 6) is 0.679. The van der Waals surface area contributed by atoms with Crippen molar-refractivity contribution in [3.8, 4) is 5.75 Å². The summed E-state index contributed by atoms with van der Waals surface area (Å²) in [6.07, 6.45) is 1.30. The first-order chi connectivity index (χ1) is 8.99. The molecule has 2 rings (SSSR count). The molecule has 0 unspecified atom stereocenters. The first-order valence-electron chi connectivity index (χ1n) is 6.25. The van der Waals surface area contributed by atoms with Crippen LogP contribution in [0.1, 0.15) is 12.8 Å². The molecule has 6 heteroatoms. The molecule has 1 aliphatic heterocycles. The Morgan fingerprint density at radius 3 is 2.42 bits per heavy atom. The summed E-state index contributed by atoms with van der Waals surface area (Å²) in [6, 6.07) is 9.37. The first-order valence-corrected chi connectivity index (χ1v) is 7.97. The number of primary sulfonamides is 1. The Kier molecular flexibility index (Phi) is 4.44. The third-order valence-electron chi connectivity index (χ3n) is 3.35. The smallest absolute Gasteiger partial charge is 0.209 e.